The van der Waals surface area contributed by atoms with Crippen LogP contribution in [0.25, 0.3) is 6.08 Å². The van der Waals surface area contributed by atoms with Gasteiger partial charge in [0.05, 0.1) is 19.1 Å². The second-order valence-electron chi connectivity index (χ2n) is 5.46. The number of carbonyl (C=O) groups excluding carboxylic acids is 2. The summed E-state index contributed by atoms with van der Waals surface area (Å²) in [5.41, 5.74) is 3.77. The van der Waals surface area contributed by atoms with E-state index in [0.29, 0.717) is 16.2 Å². The van der Waals surface area contributed by atoms with Crippen LogP contribution in [0, 0.1) is 0 Å². The molecule has 0 saturated carbocycles. The predicted octanol–water partition coefficient (Wildman–Crippen LogP) is 3.25. The number of hydrazine groups is 1. The molecule has 6 nitrogen and oxygen atoms in total. The molecule has 1 saturated heterocycles. The Morgan fingerprint density at radius 1 is 1.04 bits per heavy atom. The van der Waals surface area contributed by atoms with Gasteiger partial charge < -0.3 is 9.47 Å². The Morgan fingerprint density at radius 2 is 1.59 bits per heavy atom. The number of benzene rings is 2. The van der Waals surface area contributed by atoms with Gasteiger partial charge >= 0.3 is 0 Å². The zero-order valence-electron chi connectivity index (χ0n) is 14.6. The van der Waals surface area contributed by atoms with Crippen molar-refractivity contribution in [3.8, 4) is 11.5 Å². The largest absolute Gasteiger partial charge is 0.497 e. The molecule has 1 N–H and O–H groups in total. The summed E-state index contributed by atoms with van der Waals surface area (Å²) in [5, 5.41) is 1.09. The summed E-state index contributed by atoms with van der Waals surface area (Å²) >= 11 is 6.36. The lowest BCUT2D eigenvalue weighted by Gasteiger charge is -2.15. The molecule has 1 fully saturated rings. The molecule has 2 aromatic carbocycles. The fourth-order valence-corrected chi connectivity index (χ4v) is 3.50. The second kappa shape index (κ2) is 8.24. The molecule has 2 aromatic rings. The lowest BCUT2D eigenvalue weighted by Crippen LogP contribution is -2.44. The highest BCUT2D eigenvalue weighted by atomic mass is 32.2. The first-order chi connectivity index (χ1) is 13.0. The van der Waals surface area contributed by atoms with Crippen molar-refractivity contribution in [2.75, 3.05) is 14.2 Å². The van der Waals surface area contributed by atoms with E-state index in [1.807, 2.05) is 12.1 Å². The summed E-state index contributed by atoms with van der Waals surface area (Å²) in [6, 6.07) is 13.8. The SMILES string of the molecule is COc1ccc(/C=C2/SC(=S)N(NC(=O)c3ccc(OC)cc3)C2=O)cc1. The van der Waals surface area contributed by atoms with Gasteiger partial charge in [-0.1, -0.05) is 23.9 Å². The lowest BCUT2D eigenvalue weighted by atomic mass is 10.2. The minimum Gasteiger partial charge on any atom is -0.497 e. The van der Waals surface area contributed by atoms with E-state index in [2.05, 4.69) is 5.43 Å². The smallest absolute Gasteiger partial charge is 0.285 e. The molecule has 138 valence electrons. The highest BCUT2D eigenvalue weighted by Crippen LogP contribution is 2.31. The fraction of sp³-hybridized carbons (Fsp3) is 0.105. The number of methoxy groups -OCH3 is 2. The Morgan fingerprint density at radius 3 is 2.15 bits per heavy atom. The molecule has 1 aliphatic rings. The topological polar surface area (TPSA) is 67.9 Å². The summed E-state index contributed by atoms with van der Waals surface area (Å²) in [6.07, 6.45) is 1.72. The molecular weight excluding hydrogens is 384 g/mol. The maximum Gasteiger partial charge on any atom is 0.285 e. The maximum atomic E-state index is 12.6. The Balaban J connectivity index is 1.73. The summed E-state index contributed by atoms with van der Waals surface area (Å²) in [5.74, 6) is 0.563. The third-order valence-electron chi connectivity index (χ3n) is 3.77. The number of hydrogen-bond acceptors (Lipinski definition) is 6. The van der Waals surface area contributed by atoms with E-state index in [0.717, 1.165) is 28.1 Å². The van der Waals surface area contributed by atoms with Crippen molar-refractivity contribution in [1.82, 2.24) is 10.4 Å². The monoisotopic (exact) mass is 400 g/mol. The minimum atomic E-state index is -0.431. The molecule has 1 heterocycles. The maximum absolute atomic E-state index is 12.6. The number of ether oxygens (including phenoxy) is 2. The normalized spacial score (nSPS) is 15.2. The molecule has 0 radical (unpaired) electrons. The van der Waals surface area contributed by atoms with Crippen LogP contribution in [0.1, 0.15) is 15.9 Å². The zero-order chi connectivity index (χ0) is 19.4. The summed E-state index contributed by atoms with van der Waals surface area (Å²) in [7, 11) is 3.13. The van der Waals surface area contributed by atoms with Crippen LogP contribution in [0.4, 0.5) is 0 Å². The Hall–Kier alpha value is -2.84. The van der Waals surface area contributed by atoms with Crippen molar-refractivity contribution < 1.29 is 19.1 Å². The lowest BCUT2D eigenvalue weighted by molar-refractivity contribution is -0.123. The number of nitrogens with zero attached hydrogens (tertiary/aromatic N) is 1. The first-order valence-corrected chi connectivity index (χ1v) is 9.11. The van der Waals surface area contributed by atoms with E-state index in [9.17, 15) is 9.59 Å². The van der Waals surface area contributed by atoms with E-state index >= 15 is 0 Å². The average Bonchev–Trinajstić information content (AvgIpc) is 2.96. The molecule has 0 atom stereocenters. The third-order valence-corrected chi connectivity index (χ3v) is 5.07. The highest BCUT2D eigenvalue weighted by molar-refractivity contribution is 8.26. The molecule has 0 aromatic heterocycles. The molecule has 2 amide bonds. The number of rotatable bonds is 5. The van der Waals surface area contributed by atoms with Crippen LogP contribution in [0.3, 0.4) is 0 Å². The number of hydrogen-bond donors (Lipinski definition) is 1. The molecule has 0 bridgehead atoms. The van der Waals surface area contributed by atoms with Crippen LogP contribution in [-0.4, -0.2) is 35.4 Å². The highest BCUT2D eigenvalue weighted by Gasteiger charge is 2.33. The van der Waals surface area contributed by atoms with Crippen molar-refractivity contribution in [1.29, 1.82) is 0 Å². The molecule has 0 spiro atoms. The van der Waals surface area contributed by atoms with Gasteiger partial charge in [0.15, 0.2) is 4.32 Å². The Labute approximate surface area is 166 Å². The van der Waals surface area contributed by atoms with Crippen molar-refractivity contribution >= 4 is 46.2 Å². The first-order valence-electron chi connectivity index (χ1n) is 7.89. The Bertz CT molecular complexity index is 908. The molecular formula is C19H16N2O4S2. The summed E-state index contributed by atoms with van der Waals surface area (Å²) in [4.78, 5) is 25.4. The van der Waals surface area contributed by atoms with E-state index in [1.54, 1.807) is 56.7 Å². The standard InChI is InChI=1S/C19H16N2O4S2/c1-24-14-7-3-12(4-8-14)11-16-18(23)21(19(26)27-16)20-17(22)13-5-9-15(25-2)10-6-13/h3-11H,1-2H3,(H,20,22)/b16-11+. The number of carbonyl (C=O) groups is 2. The van der Waals surface area contributed by atoms with Crippen LogP contribution >= 0.6 is 24.0 Å². The van der Waals surface area contributed by atoms with Gasteiger partial charge in [-0.2, -0.15) is 5.01 Å². The molecule has 3 rings (SSSR count). The van der Waals surface area contributed by atoms with E-state index in [-0.39, 0.29) is 10.2 Å². The van der Waals surface area contributed by atoms with Crippen molar-refractivity contribution in [2.24, 2.45) is 0 Å². The quantitative estimate of drug-likeness (QED) is 0.614. The van der Waals surface area contributed by atoms with Crippen LogP contribution in [0.5, 0.6) is 11.5 Å². The number of thiocarbonyl (C=S) groups is 1. The predicted molar refractivity (Wildman–Crippen MR) is 108 cm³/mol. The molecule has 0 aliphatic carbocycles. The van der Waals surface area contributed by atoms with Gasteiger partial charge in [0, 0.05) is 5.56 Å². The van der Waals surface area contributed by atoms with Gasteiger partial charge in [-0.15, -0.1) is 0 Å². The molecule has 8 heteroatoms. The number of nitrogens with one attached hydrogen (secondary N) is 1. The molecule has 27 heavy (non-hydrogen) atoms. The van der Waals surface area contributed by atoms with Gasteiger partial charge in [-0.05, 0) is 60.3 Å². The van der Waals surface area contributed by atoms with Crippen molar-refractivity contribution in [3.63, 3.8) is 0 Å². The average molecular weight is 400 g/mol. The van der Waals surface area contributed by atoms with Crippen molar-refractivity contribution in [2.45, 2.75) is 0 Å². The minimum absolute atomic E-state index is 0.265. The van der Waals surface area contributed by atoms with E-state index in [1.165, 1.54) is 0 Å². The van der Waals surface area contributed by atoms with Gasteiger partial charge in [-0.3, -0.25) is 15.0 Å². The van der Waals surface area contributed by atoms with Crippen LogP contribution in [0.2, 0.25) is 0 Å². The van der Waals surface area contributed by atoms with Gasteiger partial charge in [-0.25, -0.2) is 0 Å². The fourth-order valence-electron chi connectivity index (χ4n) is 2.32. The van der Waals surface area contributed by atoms with Gasteiger partial charge in [0.1, 0.15) is 11.5 Å². The van der Waals surface area contributed by atoms with E-state index < -0.39 is 5.91 Å². The third kappa shape index (κ3) is 4.29. The van der Waals surface area contributed by atoms with Crippen LogP contribution < -0.4 is 14.9 Å². The van der Waals surface area contributed by atoms with Crippen LogP contribution in [0.15, 0.2) is 53.4 Å². The van der Waals surface area contributed by atoms with Gasteiger partial charge in [0.25, 0.3) is 11.8 Å². The summed E-state index contributed by atoms with van der Waals surface area (Å²) < 4.78 is 10.4. The number of thioether (sulfide) groups is 1. The molecule has 1 aliphatic heterocycles. The van der Waals surface area contributed by atoms with E-state index in [4.69, 9.17) is 21.7 Å². The van der Waals surface area contributed by atoms with Crippen molar-refractivity contribution in [3.05, 3.63) is 64.6 Å². The zero-order valence-corrected chi connectivity index (χ0v) is 16.2. The Kier molecular flexibility index (Phi) is 5.78. The van der Waals surface area contributed by atoms with Crippen LogP contribution in [-0.2, 0) is 4.79 Å². The summed E-state index contributed by atoms with van der Waals surface area (Å²) in [6.45, 7) is 0. The van der Waals surface area contributed by atoms with Gasteiger partial charge in [0.2, 0.25) is 0 Å². The molecule has 0 unspecified atom stereocenters. The second-order valence-corrected chi connectivity index (χ2v) is 7.14. The first kappa shape index (κ1) is 18.9. The number of amides is 2.